The molecule has 0 saturated heterocycles. The number of sulfonamides is 1. The lowest BCUT2D eigenvalue weighted by molar-refractivity contribution is 0.561. The third-order valence-electron chi connectivity index (χ3n) is 3.68. The second-order valence-electron chi connectivity index (χ2n) is 5.40. The van der Waals surface area contributed by atoms with Crippen LogP contribution < -0.4 is 4.72 Å². The molecule has 0 amide bonds. The first-order valence-electron chi connectivity index (χ1n) is 7.41. The highest BCUT2D eigenvalue weighted by Gasteiger charge is 2.17. The van der Waals surface area contributed by atoms with Crippen LogP contribution in [-0.4, -0.2) is 18.0 Å². The fourth-order valence-corrected chi connectivity index (χ4v) is 3.52. The molecule has 0 radical (unpaired) electrons. The number of nitrogens with zero attached hydrogens (tertiary/aromatic N) is 2. The van der Waals surface area contributed by atoms with Crippen LogP contribution in [0, 0.1) is 18.6 Å². The summed E-state index contributed by atoms with van der Waals surface area (Å²) < 4.78 is 55.4. The molecule has 0 bridgehead atoms. The normalized spacial score (nSPS) is 11.6. The Labute approximate surface area is 144 Å². The average molecular weight is 363 g/mol. The van der Waals surface area contributed by atoms with Crippen LogP contribution in [0.1, 0.15) is 11.4 Å². The molecule has 5 nitrogen and oxygen atoms in total. The highest BCUT2D eigenvalue weighted by Crippen LogP contribution is 2.18. The maximum Gasteiger partial charge on any atom is 0.241 e. The number of hydrogen-bond acceptors (Lipinski definition) is 3. The molecule has 25 heavy (non-hydrogen) atoms. The van der Waals surface area contributed by atoms with Crippen molar-refractivity contribution in [1.29, 1.82) is 0 Å². The molecule has 0 unspecified atom stereocenters. The van der Waals surface area contributed by atoms with Crippen LogP contribution >= 0.6 is 0 Å². The molecule has 3 aromatic rings. The Morgan fingerprint density at radius 1 is 1.12 bits per heavy atom. The van der Waals surface area contributed by atoms with Crippen LogP contribution in [0.4, 0.5) is 8.78 Å². The monoisotopic (exact) mass is 363 g/mol. The molecule has 1 N–H and O–H groups in total. The number of nitrogens with one attached hydrogen (secondary N) is 1. The van der Waals surface area contributed by atoms with E-state index in [-0.39, 0.29) is 6.54 Å². The Hall–Kier alpha value is -2.58. The summed E-state index contributed by atoms with van der Waals surface area (Å²) in [5.41, 5.74) is 1.47. The van der Waals surface area contributed by atoms with E-state index >= 15 is 0 Å². The van der Waals surface area contributed by atoms with Gasteiger partial charge in [-0.15, -0.1) is 0 Å². The van der Waals surface area contributed by atoms with Gasteiger partial charge in [0.15, 0.2) is 0 Å². The van der Waals surface area contributed by atoms with Crippen LogP contribution in [0.25, 0.3) is 5.69 Å². The van der Waals surface area contributed by atoms with Gasteiger partial charge in [0, 0.05) is 25.0 Å². The molecule has 1 aromatic heterocycles. The first-order chi connectivity index (χ1) is 11.9. The van der Waals surface area contributed by atoms with Crippen LogP contribution in [-0.2, 0) is 16.6 Å². The van der Waals surface area contributed by atoms with E-state index in [0.717, 1.165) is 23.6 Å². The average Bonchev–Trinajstić information content (AvgIpc) is 2.98. The van der Waals surface area contributed by atoms with E-state index < -0.39 is 26.6 Å². The highest BCUT2D eigenvalue weighted by atomic mass is 32.2. The first-order valence-corrected chi connectivity index (χ1v) is 8.89. The summed E-state index contributed by atoms with van der Waals surface area (Å²) in [6, 6.07) is 9.38. The number of aromatic nitrogens is 2. The molecule has 0 aliphatic carbocycles. The van der Waals surface area contributed by atoms with Gasteiger partial charge in [-0.25, -0.2) is 26.9 Å². The van der Waals surface area contributed by atoms with Crippen LogP contribution in [0.3, 0.4) is 0 Å². The van der Waals surface area contributed by atoms with Crippen molar-refractivity contribution < 1.29 is 17.2 Å². The van der Waals surface area contributed by atoms with Gasteiger partial charge in [0.25, 0.3) is 0 Å². The molecule has 3 rings (SSSR count). The number of rotatable bonds is 5. The molecule has 0 aliphatic rings. The fourth-order valence-electron chi connectivity index (χ4n) is 2.47. The Balaban J connectivity index is 1.88. The van der Waals surface area contributed by atoms with E-state index in [2.05, 4.69) is 9.71 Å². The standard InChI is InChI=1S/C17H15F2N3O2S/c1-12-20-6-7-22(12)17-5-3-2-4-13(17)11-21-25(23,24)16-9-14(18)8-15(19)10-16/h2-10,21H,11H2,1H3. The lowest BCUT2D eigenvalue weighted by Gasteiger charge is -2.13. The van der Waals surface area contributed by atoms with Gasteiger partial charge >= 0.3 is 0 Å². The minimum Gasteiger partial charge on any atom is -0.304 e. The van der Waals surface area contributed by atoms with Gasteiger partial charge in [0.2, 0.25) is 10.0 Å². The molecule has 0 aliphatic heterocycles. The van der Waals surface area contributed by atoms with E-state index in [1.54, 1.807) is 24.5 Å². The molecule has 1 heterocycles. The number of imidazole rings is 1. The topological polar surface area (TPSA) is 64.0 Å². The SMILES string of the molecule is Cc1nccn1-c1ccccc1CNS(=O)(=O)c1cc(F)cc(F)c1. The molecule has 8 heteroatoms. The summed E-state index contributed by atoms with van der Waals surface area (Å²) in [6.45, 7) is 1.80. The van der Waals surface area contributed by atoms with Crippen molar-refractivity contribution in [2.24, 2.45) is 0 Å². The van der Waals surface area contributed by atoms with Gasteiger partial charge in [0.1, 0.15) is 17.5 Å². The molecular weight excluding hydrogens is 348 g/mol. The predicted octanol–water partition coefficient (Wildman–Crippen LogP) is 2.94. The second kappa shape index (κ2) is 6.73. The third kappa shape index (κ3) is 3.75. The van der Waals surface area contributed by atoms with Gasteiger partial charge in [-0.1, -0.05) is 18.2 Å². The van der Waals surface area contributed by atoms with E-state index in [4.69, 9.17) is 0 Å². The highest BCUT2D eigenvalue weighted by molar-refractivity contribution is 7.89. The Bertz CT molecular complexity index is 996. The van der Waals surface area contributed by atoms with E-state index in [0.29, 0.717) is 11.6 Å². The summed E-state index contributed by atoms with van der Waals surface area (Å²) in [5.74, 6) is -1.15. The van der Waals surface area contributed by atoms with Gasteiger partial charge in [-0.2, -0.15) is 0 Å². The predicted molar refractivity (Wildman–Crippen MR) is 88.7 cm³/mol. The van der Waals surface area contributed by atoms with Crippen molar-refractivity contribution in [1.82, 2.24) is 14.3 Å². The lowest BCUT2D eigenvalue weighted by atomic mass is 10.2. The molecule has 2 aromatic carbocycles. The molecule has 130 valence electrons. The van der Waals surface area contributed by atoms with Gasteiger partial charge < -0.3 is 4.57 Å². The van der Waals surface area contributed by atoms with Crippen LogP contribution in [0.2, 0.25) is 0 Å². The molecule has 0 fully saturated rings. The largest absolute Gasteiger partial charge is 0.304 e. The van der Waals surface area contributed by atoms with Crippen LogP contribution in [0.5, 0.6) is 0 Å². The zero-order valence-electron chi connectivity index (χ0n) is 13.3. The first kappa shape index (κ1) is 17.2. The lowest BCUT2D eigenvalue weighted by Crippen LogP contribution is -2.24. The molecule has 0 spiro atoms. The zero-order chi connectivity index (χ0) is 18.0. The second-order valence-corrected chi connectivity index (χ2v) is 7.17. The Kier molecular flexibility index (Phi) is 4.65. The maximum absolute atomic E-state index is 13.3. The van der Waals surface area contributed by atoms with E-state index in [1.165, 1.54) is 0 Å². The van der Waals surface area contributed by atoms with Gasteiger partial charge in [0.05, 0.1) is 10.6 Å². The van der Waals surface area contributed by atoms with Gasteiger partial charge in [-0.05, 0) is 30.7 Å². The minimum atomic E-state index is -4.05. The summed E-state index contributed by atoms with van der Waals surface area (Å²) in [7, 11) is -4.05. The summed E-state index contributed by atoms with van der Waals surface area (Å²) in [5, 5.41) is 0. The number of halogens is 2. The van der Waals surface area contributed by atoms with Crippen molar-refractivity contribution >= 4 is 10.0 Å². The summed E-state index contributed by atoms with van der Waals surface area (Å²) in [6.07, 6.45) is 3.41. The van der Waals surface area contributed by atoms with Crippen molar-refractivity contribution in [2.75, 3.05) is 0 Å². The number of aryl methyl sites for hydroxylation is 1. The fraction of sp³-hybridized carbons (Fsp3) is 0.118. The number of benzene rings is 2. The maximum atomic E-state index is 13.3. The Morgan fingerprint density at radius 2 is 1.80 bits per heavy atom. The number of hydrogen-bond donors (Lipinski definition) is 1. The molecular formula is C17H15F2N3O2S. The van der Waals surface area contributed by atoms with Crippen molar-refractivity contribution in [3.8, 4) is 5.69 Å². The zero-order valence-corrected chi connectivity index (χ0v) is 14.1. The van der Waals surface area contributed by atoms with Crippen molar-refractivity contribution in [3.05, 3.63) is 77.9 Å². The quantitative estimate of drug-likeness (QED) is 0.758. The van der Waals surface area contributed by atoms with E-state index in [9.17, 15) is 17.2 Å². The summed E-state index contributed by atoms with van der Waals surface area (Å²) in [4.78, 5) is 3.69. The molecule has 0 saturated carbocycles. The molecule has 0 atom stereocenters. The Morgan fingerprint density at radius 3 is 2.44 bits per heavy atom. The third-order valence-corrected chi connectivity index (χ3v) is 5.06. The van der Waals surface area contributed by atoms with Gasteiger partial charge in [-0.3, -0.25) is 0 Å². The number of para-hydroxylation sites is 1. The summed E-state index contributed by atoms with van der Waals surface area (Å²) >= 11 is 0. The van der Waals surface area contributed by atoms with Crippen molar-refractivity contribution in [2.45, 2.75) is 18.4 Å². The van der Waals surface area contributed by atoms with Crippen LogP contribution in [0.15, 0.2) is 59.8 Å². The van der Waals surface area contributed by atoms with Crippen molar-refractivity contribution in [3.63, 3.8) is 0 Å². The smallest absolute Gasteiger partial charge is 0.241 e. The van der Waals surface area contributed by atoms with E-state index in [1.807, 2.05) is 23.6 Å². The minimum absolute atomic E-state index is 0.0335.